The summed E-state index contributed by atoms with van der Waals surface area (Å²) in [4.78, 5) is 29.4. The van der Waals surface area contributed by atoms with Crippen molar-refractivity contribution in [3.8, 4) is 11.4 Å². The predicted octanol–water partition coefficient (Wildman–Crippen LogP) is 4.58. The maximum absolute atomic E-state index is 12.7. The summed E-state index contributed by atoms with van der Waals surface area (Å²) in [5.74, 6) is 1.79. The van der Waals surface area contributed by atoms with Gasteiger partial charge in [0.15, 0.2) is 5.82 Å². The standard InChI is InChI=1S/C32H41ClN6O6/c1-6-34-28(40)20-26-30-38-37-21(2)39(30)27-12-11-24(19-25(27)29(36-26)22-7-9-23(33)10-8-22)44-18-17-43-16-15-42-14-13-35-31(41)45-32(3,4)5/h7-12,19,26H,6,13-18,20H2,1-5H3,(H,34,40)(H,35,41)/t26-/m0/s1. The Labute approximate surface area is 268 Å². The van der Waals surface area contributed by atoms with Crippen LogP contribution in [-0.2, 0) is 19.0 Å². The Morgan fingerprint density at radius 3 is 2.38 bits per heavy atom. The molecule has 0 saturated carbocycles. The topological polar surface area (TPSA) is 138 Å². The molecule has 0 fully saturated rings. The lowest BCUT2D eigenvalue weighted by atomic mass is 10.00. The molecule has 2 amide bonds. The summed E-state index contributed by atoms with van der Waals surface area (Å²) in [5.41, 5.74) is 2.65. The minimum absolute atomic E-state index is 0.119. The van der Waals surface area contributed by atoms with Crippen LogP contribution >= 0.6 is 11.6 Å². The van der Waals surface area contributed by atoms with Crippen molar-refractivity contribution < 1.29 is 28.5 Å². The molecular formula is C32H41ClN6O6. The molecule has 4 rings (SSSR count). The number of hydrogen-bond donors (Lipinski definition) is 2. The Morgan fingerprint density at radius 1 is 0.956 bits per heavy atom. The maximum Gasteiger partial charge on any atom is 0.407 e. The molecule has 45 heavy (non-hydrogen) atoms. The van der Waals surface area contributed by atoms with Gasteiger partial charge < -0.3 is 29.6 Å². The molecule has 0 saturated heterocycles. The lowest BCUT2D eigenvalue weighted by Crippen LogP contribution is -2.34. The number of ether oxygens (including phenoxy) is 4. The van der Waals surface area contributed by atoms with E-state index < -0.39 is 17.7 Å². The van der Waals surface area contributed by atoms with Gasteiger partial charge in [-0.3, -0.25) is 14.4 Å². The second-order valence-electron chi connectivity index (χ2n) is 11.3. The summed E-state index contributed by atoms with van der Waals surface area (Å²) in [5, 5.41) is 14.8. The summed E-state index contributed by atoms with van der Waals surface area (Å²) in [7, 11) is 0. The molecule has 1 aliphatic rings. The van der Waals surface area contributed by atoms with Crippen LogP contribution in [-0.4, -0.2) is 84.2 Å². The van der Waals surface area contributed by atoms with Crippen molar-refractivity contribution in [2.24, 2.45) is 4.99 Å². The lowest BCUT2D eigenvalue weighted by Gasteiger charge is -2.19. The highest BCUT2D eigenvalue weighted by Gasteiger charge is 2.30. The molecule has 2 aromatic carbocycles. The molecule has 3 aromatic rings. The van der Waals surface area contributed by atoms with Gasteiger partial charge in [0.1, 0.15) is 29.8 Å². The molecule has 242 valence electrons. The molecule has 0 radical (unpaired) electrons. The number of alkyl carbamates (subject to hydrolysis) is 1. The normalized spacial score (nSPS) is 14.1. The number of aliphatic imine (C=N–C) groups is 1. The number of nitrogens with one attached hydrogen (secondary N) is 2. The van der Waals surface area contributed by atoms with Gasteiger partial charge in [0, 0.05) is 29.2 Å². The monoisotopic (exact) mass is 640 g/mol. The zero-order chi connectivity index (χ0) is 32.4. The zero-order valence-electron chi connectivity index (χ0n) is 26.4. The predicted molar refractivity (Wildman–Crippen MR) is 171 cm³/mol. The van der Waals surface area contributed by atoms with E-state index in [1.807, 2.05) is 81.7 Å². The Hall–Kier alpha value is -4.00. The molecule has 0 unspecified atom stereocenters. The Balaban J connectivity index is 1.39. The number of rotatable bonds is 14. The third-order valence-electron chi connectivity index (χ3n) is 6.55. The van der Waals surface area contributed by atoms with Crippen molar-refractivity contribution in [3.63, 3.8) is 0 Å². The fourth-order valence-electron chi connectivity index (χ4n) is 4.66. The first-order chi connectivity index (χ1) is 21.6. The molecule has 1 aliphatic heterocycles. The Bertz CT molecular complexity index is 1480. The molecular weight excluding hydrogens is 600 g/mol. The summed E-state index contributed by atoms with van der Waals surface area (Å²) in [6, 6.07) is 12.6. The van der Waals surface area contributed by atoms with Gasteiger partial charge >= 0.3 is 6.09 Å². The molecule has 12 nitrogen and oxygen atoms in total. The Kier molecular flexibility index (Phi) is 11.9. The molecule has 0 aliphatic carbocycles. The van der Waals surface area contributed by atoms with E-state index in [2.05, 4.69) is 20.8 Å². The number of fused-ring (bicyclic) bond motifs is 3. The third kappa shape index (κ3) is 9.74. The molecule has 0 spiro atoms. The number of hydrogen-bond acceptors (Lipinski definition) is 9. The molecule has 2 N–H and O–H groups in total. The van der Waals surface area contributed by atoms with E-state index in [0.29, 0.717) is 74.3 Å². The van der Waals surface area contributed by atoms with E-state index >= 15 is 0 Å². The van der Waals surface area contributed by atoms with Gasteiger partial charge in [-0.05, 0) is 65.0 Å². The van der Waals surface area contributed by atoms with Crippen LogP contribution in [0.5, 0.6) is 5.75 Å². The van der Waals surface area contributed by atoms with E-state index in [-0.39, 0.29) is 12.3 Å². The van der Waals surface area contributed by atoms with Gasteiger partial charge in [0.25, 0.3) is 0 Å². The molecule has 1 atom stereocenters. The van der Waals surface area contributed by atoms with Crippen molar-refractivity contribution >= 4 is 29.3 Å². The summed E-state index contributed by atoms with van der Waals surface area (Å²) in [6.45, 7) is 11.9. The highest BCUT2D eigenvalue weighted by molar-refractivity contribution is 6.30. The maximum atomic E-state index is 12.7. The number of benzene rings is 2. The highest BCUT2D eigenvalue weighted by atomic mass is 35.5. The molecule has 1 aromatic heterocycles. The molecule has 2 heterocycles. The van der Waals surface area contributed by atoms with Crippen molar-refractivity contribution in [1.29, 1.82) is 0 Å². The van der Waals surface area contributed by atoms with E-state index in [4.69, 9.17) is 35.5 Å². The number of carbonyl (C=O) groups is 2. The van der Waals surface area contributed by atoms with Gasteiger partial charge in [0.2, 0.25) is 5.91 Å². The largest absolute Gasteiger partial charge is 0.491 e. The first-order valence-corrected chi connectivity index (χ1v) is 15.4. The number of halogens is 1. The third-order valence-corrected chi connectivity index (χ3v) is 6.80. The highest BCUT2D eigenvalue weighted by Crippen LogP contribution is 2.34. The minimum atomic E-state index is -0.552. The van der Waals surface area contributed by atoms with Crippen molar-refractivity contribution in [1.82, 2.24) is 25.4 Å². The van der Waals surface area contributed by atoms with Crippen molar-refractivity contribution in [2.45, 2.75) is 52.7 Å². The van der Waals surface area contributed by atoms with Crippen molar-refractivity contribution in [2.75, 3.05) is 46.1 Å². The number of aromatic nitrogens is 3. The van der Waals surface area contributed by atoms with Crippen LogP contribution < -0.4 is 15.4 Å². The molecule has 13 heteroatoms. The lowest BCUT2D eigenvalue weighted by molar-refractivity contribution is -0.121. The first-order valence-electron chi connectivity index (χ1n) is 15.0. The quantitative estimate of drug-likeness (QED) is 0.244. The van der Waals surface area contributed by atoms with E-state index in [1.54, 1.807) is 0 Å². The van der Waals surface area contributed by atoms with E-state index in [0.717, 1.165) is 16.8 Å². The van der Waals surface area contributed by atoms with Crippen LogP contribution in [0.3, 0.4) is 0 Å². The average molecular weight is 641 g/mol. The van der Waals surface area contributed by atoms with Crippen LogP contribution in [0, 0.1) is 6.92 Å². The smallest absolute Gasteiger partial charge is 0.407 e. The van der Waals surface area contributed by atoms with Gasteiger partial charge in [-0.15, -0.1) is 10.2 Å². The van der Waals surface area contributed by atoms with Gasteiger partial charge in [-0.2, -0.15) is 0 Å². The van der Waals surface area contributed by atoms with Gasteiger partial charge in [-0.25, -0.2) is 4.79 Å². The van der Waals surface area contributed by atoms with Crippen LogP contribution in [0.2, 0.25) is 5.02 Å². The number of amides is 2. The average Bonchev–Trinajstić information content (AvgIpc) is 3.30. The van der Waals surface area contributed by atoms with Crippen molar-refractivity contribution in [3.05, 3.63) is 70.3 Å². The second-order valence-corrected chi connectivity index (χ2v) is 11.7. The van der Waals surface area contributed by atoms with E-state index in [9.17, 15) is 9.59 Å². The molecule has 0 bridgehead atoms. The number of carbonyl (C=O) groups excluding carboxylic acids is 2. The summed E-state index contributed by atoms with van der Waals surface area (Å²) < 4.78 is 24.3. The SMILES string of the molecule is CCNC(=O)C[C@@H]1N=C(c2ccc(Cl)cc2)c2cc(OCCOCCOCCNC(=O)OC(C)(C)C)ccc2-n2c(C)nnc21. The van der Waals surface area contributed by atoms with E-state index in [1.165, 1.54) is 0 Å². The first kappa shape index (κ1) is 33.9. The van der Waals surface area contributed by atoms with Crippen LogP contribution in [0.15, 0.2) is 47.5 Å². The fourth-order valence-corrected chi connectivity index (χ4v) is 4.79. The fraction of sp³-hybridized carbons (Fsp3) is 0.469. The van der Waals surface area contributed by atoms with Gasteiger partial charge in [-0.1, -0.05) is 23.7 Å². The summed E-state index contributed by atoms with van der Waals surface area (Å²) in [6.07, 6.45) is -0.345. The minimum Gasteiger partial charge on any atom is -0.491 e. The second kappa shape index (κ2) is 15.8. The summed E-state index contributed by atoms with van der Waals surface area (Å²) >= 11 is 6.20. The van der Waals surface area contributed by atoms with Gasteiger partial charge in [0.05, 0.1) is 44.2 Å². The Morgan fingerprint density at radius 2 is 1.67 bits per heavy atom. The number of aryl methyl sites for hydroxylation is 1. The van der Waals surface area contributed by atoms with Crippen LogP contribution in [0.25, 0.3) is 5.69 Å². The zero-order valence-corrected chi connectivity index (χ0v) is 27.1. The number of nitrogens with zero attached hydrogens (tertiary/aromatic N) is 4. The van der Waals surface area contributed by atoms with Crippen LogP contribution in [0.1, 0.15) is 62.9 Å². The van der Waals surface area contributed by atoms with Crippen LogP contribution in [0.4, 0.5) is 4.79 Å².